The minimum absolute atomic E-state index is 0.0382. The van der Waals surface area contributed by atoms with Crippen molar-refractivity contribution in [1.82, 2.24) is 20.4 Å². The molecule has 4 aliphatic rings. The van der Waals surface area contributed by atoms with Gasteiger partial charge in [0.25, 0.3) is 5.91 Å². The molecular weight excluding hydrogens is 547 g/mol. The number of hydrogen-bond donors (Lipinski definition) is 3. The summed E-state index contributed by atoms with van der Waals surface area (Å²) in [4.78, 5) is 80.0. The van der Waals surface area contributed by atoms with Crippen LogP contribution < -0.4 is 16.4 Å². The molecular formula is C27H38F3N5O6. The van der Waals surface area contributed by atoms with E-state index in [0.717, 1.165) is 4.90 Å². The standard InChI is InChI=1S/C27H38F3N5O6/c1-25(2,3)19(23(40)34-11-14-16(26(14,4)5)17(34)20(31)37)35(24(41)27(28,29)30)15(10-12-8-9-32-21(12)38)18(36)22(39)33-13-6-7-13/h12-17,19H,6-11H2,1-5H3,(H2,31,37)(H,32,38)(H,33,39)/t12-,14?,15?,16?,17?,19+/m0/s1. The molecule has 0 aromatic rings. The third kappa shape index (κ3) is 5.78. The van der Waals surface area contributed by atoms with Crippen molar-refractivity contribution in [3.63, 3.8) is 0 Å². The number of alkyl halides is 3. The Morgan fingerprint density at radius 1 is 1.12 bits per heavy atom. The van der Waals surface area contributed by atoms with Crippen LogP contribution in [0.15, 0.2) is 0 Å². The van der Waals surface area contributed by atoms with E-state index in [1.165, 1.54) is 20.8 Å². The van der Waals surface area contributed by atoms with Gasteiger partial charge in [-0.15, -0.1) is 0 Å². The predicted molar refractivity (Wildman–Crippen MR) is 137 cm³/mol. The van der Waals surface area contributed by atoms with Crippen molar-refractivity contribution in [3.05, 3.63) is 0 Å². The molecule has 5 amide bonds. The second-order valence-corrected chi connectivity index (χ2v) is 13.4. The Hall–Kier alpha value is -3.19. The second kappa shape index (κ2) is 10.3. The summed E-state index contributed by atoms with van der Waals surface area (Å²) < 4.78 is 42.7. The molecule has 2 aliphatic carbocycles. The van der Waals surface area contributed by atoms with Crippen LogP contribution in [0.2, 0.25) is 0 Å². The van der Waals surface area contributed by atoms with E-state index >= 15 is 0 Å². The molecule has 6 atom stereocenters. The summed E-state index contributed by atoms with van der Waals surface area (Å²) in [6.07, 6.45) is -4.76. The Balaban J connectivity index is 1.80. The number of carbonyl (C=O) groups excluding carboxylic acids is 6. The van der Waals surface area contributed by atoms with Gasteiger partial charge in [0.1, 0.15) is 18.1 Å². The molecule has 0 bridgehead atoms. The van der Waals surface area contributed by atoms with E-state index in [-0.39, 0.29) is 47.7 Å². The Morgan fingerprint density at radius 2 is 1.73 bits per heavy atom. The maximum atomic E-state index is 14.2. The fourth-order valence-electron chi connectivity index (χ4n) is 6.61. The van der Waals surface area contributed by atoms with Gasteiger partial charge in [-0.25, -0.2) is 0 Å². The summed E-state index contributed by atoms with van der Waals surface area (Å²) in [5.41, 5.74) is 3.95. The largest absolute Gasteiger partial charge is 0.471 e. The van der Waals surface area contributed by atoms with Crippen LogP contribution in [0, 0.1) is 28.6 Å². The zero-order chi connectivity index (χ0) is 30.8. The number of hydrogen-bond acceptors (Lipinski definition) is 6. The SMILES string of the molecule is CC1(C)C2CN(C(=O)[C@@H](N(C(=O)C(F)(F)F)C(C[C@@H]3CCNC3=O)C(=O)C(=O)NC3CC3)C(C)(C)C)C(C(N)=O)C21. The van der Waals surface area contributed by atoms with E-state index in [0.29, 0.717) is 12.8 Å². The lowest BCUT2D eigenvalue weighted by Gasteiger charge is -2.45. The van der Waals surface area contributed by atoms with E-state index < -0.39 is 77.4 Å². The summed E-state index contributed by atoms with van der Waals surface area (Å²) >= 11 is 0. The third-order valence-corrected chi connectivity index (χ3v) is 9.04. The van der Waals surface area contributed by atoms with Crippen LogP contribution in [0.1, 0.15) is 60.3 Å². The Morgan fingerprint density at radius 3 is 2.20 bits per heavy atom. The molecule has 4 N–H and O–H groups in total. The molecule has 0 aromatic carbocycles. The van der Waals surface area contributed by atoms with E-state index in [9.17, 15) is 41.9 Å². The lowest BCUT2D eigenvalue weighted by Crippen LogP contribution is -2.66. The molecule has 2 saturated heterocycles. The van der Waals surface area contributed by atoms with E-state index in [2.05, 4.69) is 10.6 Å². The number of piperidine rings is 1. The molecule has 0 aromatic heterocycles. The van der Waals surface area contributed by atoms with Crippen LogP contribution in [0.4, 0.5) is 13.2 Å². The summed E-state index contributed by atoms with van der Waals surface area (Å²) in [6.45, 7) is 8.35. The smallest absolute Gasteiger partial charge is 0.368 e. The number of ketones is 1. The van der Waals surface area contributed by atoms with E-state index in [1.807, 2.05) is 13.8 Å². The first-order valence-corrected chi connectivity index (χ1v) is 13.9. The molecule has 4 unspecified atom stereocenters. The number of Topliss-reactive ketones (excluding diaryl/α,β-unsaturated/α-hetero) is 1. The molecule has 41 heavy (non-hydrogen) atoms. The van der Waals surface area contributed by atoms with Crippen LogP contribution in [-0.2, 0) is 28.8 Å². The summed E-state index contributed by atoms with van der Waals surface area (Å²) in [7, 11) is 0. The zero-order valence-corrected chi connectivity index (χ0v) is 23.8. The van der Waals surface area contributed by atoms with Crippen LogP contribution >= 0.6 is 0 Å². The van der Waals surface area contributed by atoms with Gasteiger partial charge in [0.05, 0.1) is 0 Å². The number of nitrogens with one attached hydrogen (secondary N) is 2. The van der Waals surface area contributed by atoms with Gasteiger partial charge in [0.2, 0.25) is 23.5 Å². The van der Waals surface area contributed by atoms with Crippen LogP contribution in [-0.4, -0.2) is 88.6 Å². The average Bonchev–Trinajstić information content (AvgIpc) is 3.60. The highest BCUT2D eigenvalue weighted by Crippen LogP contribution is 2.65. The van der Waals surface area contributed by atoms with Crippen molar-refractivity contribution in [1.29, 1.82) is 0 Å². The maximum Gasteiger partial charge on any atom is 0.471 e. The summed E-state index contributed by atoms with van der Waals surface area (Å²) in [6, 6.07) is -5.40. The van der Waals surface area contributed by atoms with Gasteiger partial charge in [-0.2, -0.15) is 13.2 Å². The van der Waals surface area contributed by atoms with Crippen LogP contribution in [0.5, 0.6) is 0 Å². The minimum Gasteiger partial charge on any atom is -0.368 e. The number of fused-ring (bicyclic) bond motifs is 1. The molecule has 2 aliphatic heterocycles. The van der Waals surface area contributed by atoms with Crippen molar-refractivity contribution >= 4 is 35.3 Å². The maximum absolute atomic E-state index is 14.2. The molecule has 11 nitrogen and oxygen atoms in total. The van der Waals surface area contributed by atoms with Gasteiger partial charge >= 0.3 is 12.1 Å². The normalized spacial score (nSPS) is 28.3. The minimum atomic E-state index is -5.52. The molecule has 4 rings (SSSR count). The number of nitrogens with two attached hydrogens (primary N) is 1. The highest BCUT2D eigenvalue weighted by molar-refractivity contribution is 6.38. The topological polar surface area (TPSA) is 159 Å². The van der Waals surface area contributed by atoms with Gasteiger partial charge < -0.3 is 26.2 Å². The van der Waals surface area contributed by atoms with Gasteiger partial charge in [-0.3, -0.25) is 28.8 Å². The quantitative estimate of drug-likeness (QED) is 0.334. The summed E-state index contributed by atoms with van der Waals surface area (Å²) in [5, 5.41) is 4.99. The monoisotopic (exact) mass is 585 g/mol. The van der Waals surface area contributed by atoms with Gasteiger partial charge in [-0.05, 0) is 48.3 Å². The number of likely N-dealkylation sites (tertiary alicyclic amines) is 1. The Bertz CT molecular complexity index is 1160. The predicted octanol–water partition coefficient (Wildman–Crippen LogP) is 0.503. The van der Waals surface area contributed by atoms with Gasteiger partial charge in [0.15, 0.2) is 0 Å². The van der Waals surface area contributed by atoms with Crippen molar-refractivity contribution < 1.29 is 41.9 Å². The lowest BCUT2D eigenvalue weighted by molar-refractivity contribution is -0.196. The van der Waals surface area contributed by atoms with Crippen molar-refractivity contribution in [3.8, 4) is 0 Å². The van der Waals surface area contributed by atoms with Crippen LogP contribution in [0.3, 0.4) is 0 Å². The van der Waals surface area contributed by atoms with Gasteiger partial charge in [-0.1, -0.05) is 34.6 Å². The number of nitrogens with zero attached hydrogens (tertiary/aromatic N) is 2. The average molecular weight is 586 g/mol. The first-order chi connectivity index (χ1) is 18.8. The molecule has 2 heterocycles. The zero-order valence-electron chi connectivity index (χ0n) is 23.8. The highest BCUT2D eigenvalue weighted by Gasteiger charge is 2.70. The molecule has 4 fully saturated rings. The number of amides is 5. The fourth-order valence-corrected chi connectivity index (χ4v) is 6.61. The second-order valence-electron chi connectivity index (χ2n) is 13.4. The summed E-state index contributed by atoms with van der Waals surface area (Å²) in [5.74, 6) is -8.73. The van der Waals surface area contributed by atoms with Crippen molar-refractivity contribution in [2.75, 3.05) is 13.1 Å². The number of carbonyl (C=O) groups is 6. The number of halogens is 3. The van der Waals surface area contributed by atoms with Gasteiger partial charge in [0, 0.05) is 25.0 Å². The molecule has 0 radical (unpaired) electrons. The molecule has 14 heteroatoms. The van der Waals surface area contributed by atoms with Crippen LogP contribution in [0.25, 0.3) is 0 Å². The Labute approximate surface area is 236 Å². The molecule has 2 saturated carbocycles. The Kier molecular flexibility index (Phi) is 7.70. The highest BCUT2D eigenvalue weighted by atomic mass is 19.4. The number of primary amides is 1. The third-order valence-electron chi connectivity index (χ3n) is 9.04. The van der Waals surface area contributed by atoms with Crippen molar-refractivity contribution in [2.24, 2.45) is 34.3 Å². The molecule has 0 spiro atoms. The molecule has 228 valence electrons. The first kappa shape index (κ1) is 30.8. The first-order valence-electron chi connectivity index (χ1n) is 13.9. The van der Waals surface area contributed by atoms with E-state index in [4.69, 9.17) is 5.73 Å². The lowest BCUT2D eigenvalue weighted by atomic mass is 9.81. The van der Waals surface area contributed by atoms with Crippen molar-refractivity contribution in [2.45, 2.75) is 90.6 Å². The number of rotatable bonds is 9. The fraction of sp³-hybridized carbons (Fsp3) is 0.778. The van der Waals surface area contributed by atoms with E-state index in [1.54, 1.807) is 0 Å².